The van der Waals surface area contributed by atoms with Crippen molar-refractivity contribution in [2.24, 2.45) is 0 Å². The van der Waals surface area contributed by atoms with E-state index in [-0.39, 0.29) is 5.91 Å². The van der Waals surface area contributed by atoms with Crippen molar-refractivity contribution in [2.75, 3.05) is 14.2 Å². The molecular formula is C23H23NO4. The summed E-state index contributed by atoms with van der Waals surface area (Å²) in [5.74, 6) is 1.65. The van der Waals surface area contributed by atoms with Crippen LogP contribution in [0.1, 0.15) is 21.5 Å². The summed E-state index contributed by atoms with van der Waals surface area (Å²) < 4.78 is 16.3. The van der Waals surface area contributed by atoms with Gasteiger partial charge in [0.15, 0.2) is 0 Å². The maximum atomic E-state index is 12.5. The lowest BCUT2D eigenvalue weighted by Crippen LogP contribution is -2.23. The average molecular weight is 377 g/mol. The first-order valence-corrected chi connectivity index (χ1v) is 8.95. The molecule has 0 spiro atoms. The molecule has 3 rings (SSSR count). The van der Waals surface area contributed by atoms with E-state index in [1.807, 2.05) is 54.6 Å². The fourth-order valence-corrected chi connectivity index (χ4v) is 2.75. The van der Waals surface area contributed by atoms with E-state index in [9.17, 15) is 4.79 Å². The van der Waals surface area contributed by atoms with E-state index >= 15 is 0 Å². The molecule has 0 fully saturated rings. The van der Waals surface area contributed by atoms with Gasteiger partial charge in [-0.1, -0.05) is 42.5 Å². The van der Waals surface area contributed by atoms with Gasteiger partial charge in [0.25, 0.3) is 5.91 Å². The molecule has 1 N–H and O–H groups in total. The fraction of sp³-hybridized carbons (Fsp3) is 0.174. The Balaban J connectivity index is 1.61. The number of hydrogen-bond acceptors (Lipinski definition) is 4. The summed E-state index contributed by atoms with van der Waals surface area (Å²) in [5, 5.41) is 2.91. The van der Waals surface area contributed by atoms with Crippen molar-refractivity contribution >= 4 is 5.91 Å². The van der Waals surface area contributed by atoms with Crippen molar-refractivity contribution in [3.8, 4) is 17.2 Å². The van der Waals surface area contributed by atoms with Gasteiger partial charge in [0.2, 0.25) is 0 Å². The zero-order valence-corrected chi connectivity index (χ0v) is 16.0. The van der Waals surface area contributed by atoms with Crippen LogP contribution in [0.4, 0.5) is 0 Å². The third-order valence-electron chi connectivity index (χ3n) is 4.25. The van der Waals surface area contributed by atoms with Crippen LogP contribution in [0.5, 0.6) is 17.2 Å². The maximum absolute atomic E-state index is 12.5. The highest BCUT2D eigenvalue weighted by molar-refractivity contribution is 5.97. The molecule has 5 nitrogen and oxygen atoms in total. The molecule has 1 amide bonds. The molecule has 3 aromatic rings. The van der Waals surface area contributed by atoms with Gasteiger partial charge in [0, 0.05) is 12.6 Å². The zero-order valence-electron chi connectivity index (χ0n) is 16.0. The van der Waals surface area contributed by atoms with Crippen molar-refractivity contribution in [1.29, 1.82) is 0 Å². The number of rotatable bonds is 8. The van der Waals surface area contributed by atoms with E-state index in [4.69, 9.17) is 14.2 Å². The summed E-state index contributed by atoms with van der Waals surface area (Å²) in [4.78, 5) is 12.5. The molecule has 0 radical (unpaired) electrons. The minimum atomic E-state index is -0.213. The number of carbonyl (C=O) groups excluding carboxylic acids is 1. The van der Waals surface area contributed by atoms with Gasteiger partial charge in [0.05, 0.1) is 19.8 Å². The molecule has 5 heteroatoms. The van der Waals surface area contributed by atoms with Gasteiger partial charge in [-0.05, 0) is 35.4 Å². The first-order chi connectivity index (χ1) is 13.7. The van der Waals surface area contributed by atoms with Crippen LogP contribution in [-0.2, 0) is 13.2 Å². The average Bonchev–Trinajstić information content (AvgIpc) is 2.76. The molecule has 0 aliphatic rings. The second kappa shape index (κ2) is 9.46. The van der Waals surface area contributed by atoms with Gasteiger partial charge in [-0.3, -0.25) is 4.79 Å². The van der Waals surface area contributed by atoms with E-state index in [0.29, 0.717) is 30.2 Å². The molecule has 3 aromatic carbocycles. The summed E-state index contributed by atoms with van der Waals surface area (Å²) in [7, 11) is 3.10. The monoisotopic (exact) mass is 377 g/mol. The fourth-order valence-electron chi connectivity index (χ4n) is 2.75. The summed E-state index contributed by atoms with van der Waals surface area (Å²) in [5.41, 5.74) is 2.51. The maximum Gasteiger partial charge on any atom is 0.255 e. The number of hydrogen-bond donors (Lipinski definition) is 1. The minimum absolute atomic E-state index is 0.213. The molecule has 0 atom stereocenters. The quantitative estimate of drug-likeness (QED) is 0.639. The molecule has 0 heterocycles. The van der Waals surface area contributed by atoms with E-state index in [2.05, 4.69) is 5.32 Å². The molecular weight excluding hydrogens is 354 g/mol. The summed E-state index contributed by atoms with van der Waals surface area (Å²) in [6.45, 7) is 0.885. The van der Waals surface area contributed by atoms with Crippen LogP contribution in [0.25, 0.3) is 0 Å². The Labute approximate surface area is 164 Å². The molecule has 0 bridgehead atoms. The Morgan fingerprint density at radius 3 is 2.36 bits per heavy atom. The number of amides is 1. The van der Waals surface area contributed by atoms with Crippen LogP contribution >= 0.6 is 0 Å². The second-order valence-corrected chi connectivity index (χ2v) is 6.17. The van der Waals surface area contributed by atoms with Gasteiger partial charge in [-0.15, -0.1) is 0 Å². The normalized spacial score (nSPS) is 10.2. The zero-order chi connectivity index (χ0) is 19.8. The highest BCUT2D eigenvalue weighted by Crippen LogP contribution is 2.24. The number of carbonyl (C=O) groups is 1. The predicted molar refractivity (Wildman–Crippen MR) is 108 cm³/mol. The van der Waals surface area contributed by atoms with Crippen LogP contribution in [0.15, 0.2) is 72.8 Å². The van der Waals surface area contributed by atoms with Crippen LogP contribution in [0.2, 0.25) is 0 Å². The number of ether oxygens (including phenoxy) is 3. The second-order valence-electron chi connectivity index (χ2n) is 6.17. The first kappa shape index (κ1) is 19.3. The number of benzene rings is 3. The van der Waals surface area contributed by atoms with Crippen molar-refractivity contribution in [1.82, 2.24) is 5.32 Å². The van der Waals surface area contributed by atoms with Gasteiger partial charge in [-0.25, -0.2) is 0 Å². The summed E-state index contributed by atoms with van der Waals surface area (Å²) in [6, 6.07) is 22.8. The standard InChI is InChI=1S/C23H23NO4/c1-26-19-11-12-21(22(14-19)27-2)23(25)24-15-18-9-6-10-20(13-18)28-16-17-7-4-3-5-8-17/h3-14H,15-16H2,1-2H3,(H,24,25). The van der Waals surface area contributed by atoms with Gasteiger partial charge < -0.3 is 19.5 Å². The third-order valence-corrected chi connectivity index (χ3v) is 4.25. The van der Waals surface area contributed by atoms with Crippen molar-refractivity contribution < 1.29 is 19.0 Å². The number of methoxy groups -OCH3 is 2. The highest BCUT2D eigenvalue weighted by Gasteiger charge is 2.13. The Kier molecular flexibility index (Phi) is 6.52. The Morgan fingerprint density at radius 2 is 1.61 bits per heavy atom. The Morgan fingerprint density at radius 1 is 0.821 bits per heavy atom. The number of nitrogens with one attached hydrogen (secondary N) is 1. The van der Waals surface area contributed by atoms with Gasteiger partial charge in [0.1, 0.15) is 23.9 Å². The SMILES string of the molecule is COc1ccc(C(=O)NCc2cccc(OCc3ccccc3)c2)c(OC)c1. The van der Waals surface area contributed by atoms with Gasteiger partial charge >= 0.3 is 0 Å². The highest BCUT2D eigenvalue weighted by atomic mass is 16.5. The van der Waals surface area contributed by atoms with Crippen molar-refractivity contribution in [2.45, 2.75) is 13.2 Å². The molecule has 0 unspecified atom stereocenters. The molecule has 0 saturated carbocycles. The van der Waals surface area contributed by atoms with E-state index in [0.717, 1.165) is 16.9 Å². The third kappa shape index (κ3) is 5.04. The van der Waals surface area contributed by atoms with E-state index in [1.165, 1.54) is 7.11 Å². The topological polar surface area (TPSA) is 56.8 Å². The lowest BCUT2D eigenvalue weighted by Gasteiger charge is -2.12. The van der Waals surface area contributed by atoms with Crippen LogP contribution in [0, 0.1) is 0 Å². The van der Waals surface area contributed by atoms with Crippen molar-refractivity contribution in [3.63, 3.8) is 0 Å². The molecule has 0 saturated heterocycles. The molecule has 28 heavy (non-hydrogen) atoms. The Bertz CT molecular complexity index is 925. The lowest BCUT2D eigenvalue weighted by atomic mass is 10.1. The van der Waals surface area contributed by atoms with Crippen LogP contribution < -0.4 is 19.5 Å². The predicted octanol–water partition coefficient (Wildman–Crippen LogP) is 4.21. The molecule has 144 valence electrons. The molecule has 0 aromatic heterocycles. The Hall–Kier alpha value is -3.47. The first-order valence-electron chi connectivity index (χ1n) is 8.95. The van der Waals surface area contributed by atoms with Crippen molar-refractivity contribution in [3.05, 3.63) is 89.5 Å². The van der Waals surface area contributed by atoms with E-state index < -0.39 is 0 Å². The molecule has 0 aliphatic heterocycles. The summed E-state index contributed by atoms with van der Waals surface area (Å²) in [6.07, 6.45) is 0. The van der Waals surface area contributed by atoms with Gasteiger partial charge in [-0.2, -0.15) is 0 Å². The summed E-state index contributed by atoms with van der Waals surface area (Å²) >= 11 is 0. The minimum Gasteiger partial charge on any atom is -0.497 e. The smallest absolute Gasteiger partial charge is 0.255 e. The molecule has 0 aliphatic carbocycles. The lowest BCUT2D eigenvalue weighted by molar-refractivity contribution is 0.0947. The van der Waals surface area contributed by atoms with Crippen LogP contribution in [0.3, 0.4) is 0 Å². The largest absolute Gasteiger partial charge is 0.497 e. The van der Waals surface area contributed by atoms with E-state index in [1.54, 1.807) is 25.3 Å². The van der Waals surface area contributed by atoms with Crippen LogP contribution in [-0.4, -0.2) is 20.1 Å².